The van der Waals surface area contributed by atoms with E-state index >= 15 is 0 Å². The van der Waals surface area contributed by atoms with Gasteiger partial charge in [-0.1, -0.05) is 25.3 Å². The van der Waals surface area contributed by atoms with Crippen LogP contribution in [0.15, 0.2) is 24.4 Å². The highest BCUT2D eigenvalue weighted by atomic mass is 16.2. The van der Waals surface area contributed by atoms with E-state index in [0.29, 0.717) is 5.91 Å². The molecule has 1 amide bonds. The minimum atomic E-state index is -0.0459. The molecular weight excluding hydrogens is 212 g/mol. The first-order chi connectivity index (χ1) is 8.32. The Labute approximate surface area is 102 Å². The van der Waals surface area contributed by atoms with E-state index in [1.807, 2.05) is 23.1 Å². The summed E-state index contributed by atoms with van der Waals surface area (Å²) >= 11 is 0. The van der Waals surface area contributed by atoms with Gasteiger partial charge in [-0.05, 0) is 31.4 Å². The van der Waals surface area contributed by atoms with Crippen molar-refractivity contribution in [1.29, 1.82) is 0 Å². The van der Waals surface area contributed by atoms with Gasteiger partial charge >= 0.3 is 0 Å². The van der Waals surface area contributed by atoms with Crippen molar-refractivity contribution in [2.45, 2.75) is 38.5 Å². The molecule has 1 aromatic rings. The van der Waals surface area contributed by atoms with Crippen LogP contribution in [0.1, 0.15) is 38.5 Å². The zero-order valence-electron chi connectivity index (χ0n) is 10.1. The van der Waals surface area contributed by atoms with Crippen LogP contribution in [0.5, 0.6) is 0 Å². The van der Waals surface area contributed by atoms with E-state index in [1.54, 1.807) is 6.20 Å². The average Bonchev–Trinajstić information content (AvgIpc) is 2.70. The lowest BCUT2D eigenvalue weighted by atomic mass is 9.73. The largest absolute Gasteiger partial charge is 0.296 e. The highest BCUT2D eigenvalue weighted by molar-refractivity contribution is 5.99. The van der Waals surface area contributed by atoms with Crippen LogP contribution >= 0.6 is 0 Å². The molecule has 2 fully saturated rings. The van der Waals surface area contributed by atoms with Gasteiger partial charge in [-0.2, -0.15) is 0 Å². The first-order valence-corrected chi connectivity index (χ1v) is 6.55. The van der Waals surface area contributed by atoms with Gasteiger partial charge in [0.25, 0.3) is 0 Å². The number of hydrogen-bond donors (Lipinski definition) is 0. The van der Waals surface area contributed by atoms with Gasteiger partial charge in [-0.3, -0.25) is 9.69 Å². The molecule has 1 saturated heterocycles. The van der Waals surface area contributed by atoms with Crippen molar-refractivity contribution in [3.05, 3.63) is 24.4 Å². The topological polar surface area (TPSA) is 33.2 Å². The van der Waals surface area contributed by atoms with Crippen LogP contribution in [-0.2, 0) is 4.79 Å². The molecule has 1 aromatic heterocycles. The van der Waals surface area contributed by atoms with Crippen LogP contribution in [-0.4, -0.2) is 17.4 Å². The Balaban J connectivity index is 1.85. The monoisotopic (exact) mass is 230 g/mol. The second kappa shape index (κ2) is 4.13. The van der Waals surface area contributed by atoms with Gasteiger partial charge < -0.3 is 0 Å². The Bertz CT molecular complexity index is 409. The van der Waals surface area contributed by atoms with Crippen LogP contribution in [0, 0.1) is 5.41 Å². The number of pyridine rings is 1. The molecule has 0 N–H and O–H groups in total. The normalized spacial score (nSPS) is 23.3. The van der Waals surface area contributed by atoms with Gasteiger partial charge in [0.05, 0.1) is 5.41 Å². The Morgan fingerprint density at radius 1 is 1.12 bits per heavy atom. The highest BCUT2D eigenvalue weighted by Crippen LogP contribution is 2.45. The maximum atomic E-state index is 12.6. The minimum Gasteiger partial charge on any atom is -0.296 e. The molecule has 0 radical (unpaired) electrons. The van der Waals surface area contributed by atoms with Crippen LogP contribution in [0.25, 0.3) is 0 Å². The highest BCUT2D eigenvalue weighted by Gasteiger charge is 2.47. The van der Waals surface area contributed by atoms with Gasteiger partial charge in [0.2, 0.25) is 5.91 Å². The van der Waals surface area contributed by atoms with Gasteiger partial charge in [0, 0.05) is 12.7 Å². The number of amides is 1. The molecule has 0 aromatic carbocycles. The number of aromatic nitrogens is 1. The Morgan fingerprint density at radius 2 is 1.94 bits per heavy atom. The predicted molar refractivity (Wildman–Crippen MR) is 66.7 cm³/mol. The number of rotatable bonds is 1. The maximum absolute atomic E-state index is 12.6. The van der Waals surface area contributed by atoms with Gasteiger partial charge in [-0.15, -0.1) is 0 Å². The number of carbonyl (C=O) groups excluding carboxylic acids is 1. The summed E-state index contributed by atoms with van der Waals surface area (Å²) in [6.45, 7) is 0.843. The van der Waals surface area contributed by atoms with Crippen molar-refractivity contribution in [3.63, 3.8) is 0 Å². The second-order valence-corrected chi connectivity index (χ2v) is 5.24. The fourth-order valence-electron chi connectivity index (χ4n) is 3.25. The average molecular weight is 230 g/mol. The summed E-state index contributed by atoms with van der Waals surface area (Å²) in [5.41, 5.74) is -0.0459. The Hall–Kier alpha value is -1.38. The predicted octanol–water partition coefficient (Wildman–Crippen LogP) is 2.77. The first kappa shape index (κ1) is 10.8. The van der Waals surface area contributed by atoms with E-state index < -0.39 is 0 Å². The lowest BCUT2D eigenvalue weighted by molar-refractivity contribution is -0.127. The molecule has 1 spiro atoms. The second-order valence-electron chi connectivity index (χ2n) is 5.24. The smallest absolute Gasteiger partial charge is 0.234 e. The summed E-state index contributed by atoms with van der Waals surface area (Å²) in [6.07, 6.45) is 8.64. The molecule has 3 rings (SSSR count). The fourth-order valence-corrected chi connectivity index (χ4v) is 3.25. The Kier molecular flexibility index (Phi) is 2.61. The first-order valence-electron chi connectivity index (χ1n) is 6.55. The lowest BCUT2D eigenvalue weighted by Gasteiger charge is -2.31. The van der Waals surface area contributed by atoms with Crippen LogP contribution in [0.4, 0.5) is 5.82 Å². The molecule has 17 heavy (non-hydrogen) atoms. The van der Waals surface area contributed by atoms with Crippen molar-refractivity contribution < 1.29 is 4.79 Å². The van der Waals surface area contributed by atoms with E-state index in [4.69, 9.17) is 0 Å². The summed E-state index contributed by atoms with van der Waals surface area (Å²) in [6, 6.07) is 5.77. The summed E-state index contributed by atoms with van der Waals surface area (Å²) in [7, 11) is 0. The molecule has 1 saturated carbocycles. The molecule has 3 nitrogen and oxygen atoms in total. The van der Waals surface area contributed by atoms with E-state index in [-0.39, 0.29) is 5.41 Å². The van der Waals surface area contributed by atoms with Crippen LogP contribution < -0.4 is 4.90 Å². The summed E-state index contributed by atoms with van der Waals surface area (Å²) < 4.78 is 0. The van der Waals surface area contributed by atoms with E-state index in [0.717, 1.165) is 31.6 Å². The minimum absolute atomic E-state index is 0.0459. The molecule has 3 heteroatoms. The molecular formula is C14H18N2O. The van der Waals surface area contributed by atoms with Gasteiger partial charge in [-0.25, -0.2) is 4.98 Å². The summed E-state index contributed by atoms with van der Waals surface area (Å²) in [5, 5.41) is 0. The standard InChI is InChI=1S/C14H18N2O/c17-13-14(7-3-1-4-8-14)9-11-16(13)12-6-2-5-10-15-12/h2,5-6,10H,1,3-4,7-9,11H2. The number of hydrogen-bond acceptors (Lipinski definition) is 2. The van der Waals surface area contributed by atoms with E-state index in [9.17, 15) is 4.79 Å². The molecule has 2 aliphatic rings. The molecule has 1 aliphatic heterocycles. The van der Waals surface area contributed by atoms with Crippen LogP contribution in [0.2, 0.25) is 0 Å². The van der Waals surface area contributed by atoms with Gasteiger partial charge in [0.15, 0.2) is 0 Å². The quantitative estimate of drug-likeness (QED) is 0.743. The van der Waals surface area contributed by atoms with Crippen molar-refractivity contribution in [3.8, 4) is 0 Å². The SMILES string of the molecule is O=C1N(c2ccccn2)CCC12CCCCC2. The fraction of sp³-hybridized carbons (Fsp3) is 0.571. The molecule has 0 unspecified atom stereocenters. The van der Waals surface area contributed by atoms with E-state index in [2.05, 4.69) is 4.98 Å². The van der Waals surface area contributed by atoms with Crippen molar-refractivity contribution in [1.82, 2.24) is 4.98 Å². The van der Waals surface area contributed by atoms with Crippen molar-refractivity contribution in [2.75, 3.05) is 11.4 Å². The third kappa shape index (κ3) is 1.74. The summed E-state index contributed by atoms with van der Waals surface area (Å²) in [4.78, 5) is 18.7. The maximum Gasteiger partial charge on any atom is 0.234 e. The summed E-state index contributed by atoms with van der Waals surface area (Å²) in [5.74, 6) is 1.14. The molecule has 0 bridgehead atoms. The third-order valence-electron chi connectivity index (χ3n) is 4.25. The molecule has 2 heterocycles. The Morgan fingerprint density at radius 3 is 2.65 bits per heavy atom. The number of carbonyl (C=O) groups is 1. The lowest BCUT2D eigenvalue weighted by Crippen LogP contribution is -2.36. The van der Waals surface area contributed by atoms with E-state index in [1.165, 1.54) is 19.3 Å². The zero-order valence-corrected chi connectivity index (χ0v) is 10.1. The van der Waals surface area contributed by atoms with Crippen molar-refractivity contribution in [2.24, 2.45) is 5.41 Å². The van der Waals surface area contributed by atoms with Crippen LogP contribution in [0.3, 0.4) is 0 Å². The van der Waals surface area contributed by atoms with Crippen molar-refractivity contribution >= 4 is 11.7 Å². The molecule has 1 aliphatic carbocycles. The number of nitrogens with zero attached hydrogens (tertiary/aromatic N) is 2. The molecule has 0 atom stereocenters. The zero-order chi connectivity index (χ0) is 11.7. The number of anilines is 1. The van der Waals surface area contributed by atoms with Gasteiger partial charge in [0.1, 0.15) is 5.82 Å². The molecule has 90 valence electrons. The third-order valence-corrected chi connectivity index (χ3v) is 4.25.